The van der Waals surface area contributed by atoms with Crippen molar-refractivity contribution in [2.75, 3.05) is 24.2 Å². The molecular formula is C10H16ClN5. The van der Waals surface area contributed by atoms with Crippen LogP contribution in [0.15, 0.2) is 0 Å². The lowest BCUT2D eigenvalue weighted by molar-refractivity contribution is 0.535. The Kier molecular flexibility index (Phi) is 3.43. The van der Waals surface area contributed by atoms with Gasteiger partial charge in [-0.1, -0.05) is 6.92 Å². The highest BCUT2D eigenvalue weighted by atomic mass is 35.5. The molecule has 0 bridgehead atoms. The molecule has 88 valence electrons. The summed E-state index contributed by atoms with van der Waals surface area (Å²) in [6.45, 7) is 3.13. The number of hydrogen-bond acceptors (Lipinski definition) is 5. The standard InChI is InChI=1S/C10H16ClN5/c1-6(7-3-4-7)5-13-10-15-8(11)14-9(12-2)16-10/h6-7H,3-5H2,1-2H3,(H2,12,13,14,15,16). The molecule has 16 heavy (non-hydrogen) atoms. The van der Waals surface area contributed by atoms with E-state index in [1.165, 1.54) is 12.8 Å². The predicted octanol–water partition coefficient (Wildman–Crippen LogP) is 2.02. The zero-order valence-corrected chi connectivity index (χ0v) is 10.3. The van der Waals surface area contributed by atoms with Gasteiger partial charge in [0.15, 0.2) is 0 Å². The average molecular weight is 242 g/mol. The van der Waals surface area contributed by atoms with Crippen LogP contribution in [0.2, 0.25) is 5.28 Å². The summed E-state index contributed by atoms with van der Waals surface area (Å²) < 4.78 is 0. The van der Waals surface area contributed by atoms with Crippen molar-refractivity contribution >= 4 is 23.5 Å². The Labute approximate surface area is 100 Å². The molecular weight excluding hydrogens is 226 g/mol. The van der Waals surface area contributed by atoms with E-state index in [0.29, 0.717) is 17.8 Å². The third-order valence-corrected chi connectivity index (χ3v) is 3.01. The number of halogens is 1. The summed E-state index contributed by atoms with van der Waals surface area (Å²) in [6, 6.07) is 0. The van der Waals surface area contributed by atoms with E-state index in [1.54, 1.807) is 7.05 Å². The molecule has 1 saturated carbocycles. The third kappa shape index (κ3) is 2.95. The normalized spacial score (nSPS) is 16.9. The van der Waals surface area contributed by atoms with Crippen LogP contribution in [0.5, 0.6) is 0 Å². The summed E-state index contributed by atoms with van der Waals surface area (Å²) in [5.41, 5.74) is 0. The van der Waals surface area contributed by atoms with Gasteiger partial charge in [0.05, 0.1) is 0 Å². The van der Waals surface area contributed by atoms with E-state index >= 15 is 0 Å². The second-order valence-electron chi connectivity index (χ2n) is 4.20. The van der Waals surface area contributed by atoms with Gasteiger partial charge in [0.1, 0.15) is 0 Å². The summed E-state index contributed by atoms with van der Waals surface area (Å²) in [6.07, 6.45) is 2.70. The zero-order chi connectivity index (χ0) is 11.5. The van der Waals surface area contributed by atoms with Crippen molar-refractivity contribution in [1.82, 2.24) is 15.0 Å². The Balaban J connectivity index is 1.94. The predicted molar refractivity (Wildman–Crippen MR) is 64.8 cm³/mol. The van der Waals surface area contributed by atoms with E-state index in [1.807, 2.05) is 0 Å². The number of rotatable bonds is 5. The first-order chi connectivity index (χ1) is 7.69. The van der Waals surface area contributed by atoms with E-state index in [2.05, 4.69) is 32.5 Å². The van der Waals surface area contributed by atoms with Gasteiger partial charge in [-0.15, -0.1) is 0 Å². The fourth-order valence-corrected chi connectivity index (χ4v) is 1.79. The zero-order valence-electron chi connectivity index (χ0n) is 9.50. The van der Waals surface area contributed by atoms with Crippen LogP contribution in [-0.2, 0) is 0 Å². The molecule has 1 aromatic heterocycles. The Morgan fingerprint density at radius 3 is 2.62 bits per heavy atom. The maximum absolute atomic E-state index is 5.78. The monoisotopic (exact) mass is 241 g/mol. The highest BCUT2D eigenvalue weighted by Crippen LogP contribution is 2.36. The van der Waals surface area contributed by atoms with Crippen LogP contribution in [0.1, 0.15) is 19.8 Å². The van der Waals surface area contributed by atoms with Crippen molar-refractivity contribution in [3.63, 3.8) is 0 Å². The van der Waals surface area contributed by atoms with Crippen LogP contribution in [0.3, 0.4) is 0 Å². The fraction of sp³-hybridized carbons (Fsp3) is 0.700. The number of hydrogen-bond donors (Lipinski definition) is 2. The molecule has 2 rings (SSSR count). The Bertz CT molecular complexity index is 366. The summed E-state index contributed by atoms with van der Waals surface area (Å²) >= 11 is 5.78. The van der Waals surface area contributed by atoms with Gasteiger partial charge in [0.2, 0.25) is 17.2 Å². The van der Waals surface area contributed by atoms with Crippen LogP contribution in [0.4, 0.5) is 11.9 Å². The van der Waals surface area contributed by atoms with Crippen LogP contribution >= 0.6 is 11.6 Å². The fourth-order valence-electron chi connectivity index (χ4n) is 1.63. The number of nitrogens with zero attached hydrogens (tertiary/aromatic N) is 3. The van der Waals surface area contributed by atoms with Crippen molar-refractivity contribution in [2.24, 2.45) is 11.8 Å². The second kappa shape index (κ2) is 4.82. The minimum absolute atomic E-state index is 0.209. The number of anilines is 2. The molecule has 0 amide bonds. The number of aromatic nitrogens is 3. The Morgan fingerprint density at radius 1 is 1.31 bits per heavy atom. The van der Waals surface area contributed by atoms with Gasteiger partial charge >= 0.3 is 0 Å². The average Bonchev–Trinajstić information content (AvgIpc) is 3.08. The van der Waals surface area contributed by atoms with Crippen molar-refractivity contribution in [2.45, 2.75) is 19.8 Å². The molecule has 0 spiro atoms. The van der Waals surface area contributed by atoms with Crippen molar-refractivity contribution in [1.29, 1.82) is 0 Å². The van der Waals surface area contributed by atoms with E-state index in [0.717, 1.165) is 12.5 Å². The van der Waals surface area contributed by atoms with Crippen molar-refractivity contribution in [3.8, 4) is 0 Å². The molecule has 1 aromatic rings. The number of nitrogens with one attached hydrogen (secondary N) is 2. The summed E-state index contributed by atoms with van der Waals surface area (Å²) in [5, 5.41) is 6.25. The molecule has 1 atom stereocenters. The minimum atomic E-state index is 0.209. The van der Waals surface area contributed by atoms with Gasteiger partial charge in [0, 0.05) is 13.6 Å². The molecule has 1 aliphatic carbocycles. The molecule has 2 N–H and O–H groups in total. The van der Waals surface area contributed by atoms with Crippen molar-refractivity contribution < 1.29 is 0 Å². The van der Waals surface area contributed by atoms with E-state index in [4.69, 9.17) is 11.6 Å². The molecule has 0 aromatic carbocycles. The van der Waals surface area contributed by atoms with Crippen LogP contribution in [0.25, 0.3) is 0 Å². The highest BCUT2D eigenvalue weighted by Gasteiger charge is 2.27. The molecule has 1 aliphatic rings. The molecule has 1 fully saturated rings. The molecule has 5 nitrogen and oxygen atoms in total. The van der Waals surface area contributed by atoms with Gasteiger partial charge in [-0.05, 0) is 36.3 Å². The quantitative estimate of drug-likeness (QED) is 0.826. The van der Waals surface area contributed by atoms with Crippen LogP contribution < -0.4 is 10.6 Å². The second-order valence-corrected chi connectivity index (χ2v) is 4.54. The Hall–Kier alpha value is -1.10. The Morgan fingerprint density at radius 2 is 2.00 bits per heavy atom. The molecule has 6 heteroatoms. The third-order valence-electron chi connectivity index (χ3n) is 2.84. The molecule has 0 radical (unpaired) electrons. The van der Waals surface area contributed by atoms with Gasteiger partial charge in [-0.2, -0.15) is 15.0 Å². The molecule has 0 aliphatic heterocycles. The first kappa shape index (κ1) is 11.4. The maximum Gasteiger partial charge on any atom is 0.228 e. The first-order valence-corrected chi connectivity index (χ1v) is 5.90. The van der Waals surface area contributed by atoms with E-state index in [9.17, 15) is 0 Å². The van der Waals surface area contributed by atoms with E-state index < -0.39 is 0 Å². The SMILES string of the molecule is CNc1nc(Cl)nc(NCC(C)C2CC2)n1. The van der Waals surface area contributed by atoms with Crippen LogP contribution in [-0.4, -0.2) is 28.5 Å². The largest absolute Gasteiger partial charge is 0.357 e. The van der Waals surface area contributed by atoms with Gasteiger partial charge in [-0.25, -0.2) is 0 Å². The molecule has 1 heterocycles. The van der Waals surface area contributed by atoms with Crippen LogP contribution in [0, 0.1) is 11.8 Å². The summed E-state index contributed by atoms with van der Waals surface area (Å²) in [4.78, 5) is 12.1. The smallest absolute Gasteiger partial charge is 0.228 e. The lowest BCUT2D eigenvalue weighted by Gasteiger charge is -2.11. The van der Waals surface area contributed by atoms with Gasteiger partial charge in [-0.3, -0.25) is 0 Å². The maximum atomic E-state index is 5.78. The topological polar surface area (TPSA) is 62.7 Å². The summed E-state index contributed by atoms with van der Waals surface area (Å²) in [5.74, 6) is 2.56. The van der Waals surface area contributed by atoms with E-state index in [-0.39, 0.29) is 5.28 Å². The highest BCUT2D eigenvalue weighted by molar-refractivity contribution is 6.28. The van der Waals surface area contributed by atoms with Gasteiger partial charge in [0.25, 0.3) is 0 Å². The molecule has 0 saturated heterocycles. The van der Waals surface area contributed by atoms with Crippen molar-refractivity contribution in [3.05, 3.63) is 5.28 Å². The minimum Gasteiger partial charge on any atom is -0.357 e. The summed E-state index contributed by atoms with van der Waals surface area (Å²) in [7, 11) is 1.75. The lowest BCUT2D eigenvalue weighted by atomic mass is 10.1. The lowest BCUT2D eigenvalue weighted by Crippen LogP contribution is -2.15. The first-order valence-electron chi connectivity index (χ1n) is 5.52. The van der Waals surface area contributed by atoms with Gasteiger partial charge < -0.3 is 10.6 Å². The molecule has 1 unspecified atom stereocenters.